The number of hydrogen-bond acceptors (Lipinski definition) is 3. The van der Waals surface area contributed by atoms with Crippen molar-refractivity contribution in [1.82, 2.24) is 15.1 Å². The molecule has 2 heterocycles. The number of likely N-dealkylation sites (tertiary alicyclic amines) is 2. The Kier molecular flexibility index (Phi) is 5.84. The van der Waals surface area contributed by atoms with E-state index in [9.17, 15) is 9.59 Å². The summed E-state index contributed by atoms with van der Waals surface area (Å²) in [6.07, 6.45) is 3.53. The molecule has 3 fully saturated rings. The van der Waals surface area contributed by atoms with Crippen LogP contribution < -0.4 is 5.32 Å². The molecule has 1 aromatic carbocycles. The molecule has 1 aliphatic carbocycles. The topological polar surface area (TPSA) is 52.7 Å². The highest BCUT2D eigenvalue weighted by Crippen LogP contribution is 2.47. The van der Waals surface area contributed by atoms with Gasteiger partial charge in [-0.05, 0) is 50.4 Å². The van der Waals surface area contributed by atoms with Gasteiger partial charge in [-0.3, -0.25) is 9.59 Å². The van der Waals surface area contributed by atoms with E-state index < -0.39 is 0 Å². The molecule has 2 atom stereocenters. The summed E-state index contributed by atoms with van der Waals surface area (Å²) in [5.41, 5.74) is 0.978. The Morgan fingerprint density at radius 3 is 2.34 bits per heavy atom. The van der Waals surface area contributed by atoms with Crippen LogP contribution in [0, 0.1) is 11.3 Å². The van der Waals surface area contributed by atoms with Gasteiger partial charge in [0.05, 0.1) is 10.0 Å². The molecule has 1 aromatic rings. The molecule has 29 heavy (non-hydrogen) atoms. The predicted octanol–water partition coefficient (Wildman–Crippen LogP) is 3.55. The largest absolute Gasteiger partial charge is 0.342 e. The van der Waals surface area contributed by atoms with E-state index >= 15 is 0 Å². The maximum absolute atomic E-state index is 13.2. The average molecular weight is 438 g/mol. The Balaban J connectivity index is 1.38. The molecule has 2 aliphatic heterocycles. The van der Waals surface area contributed by atoms with Gasteiger partial charge in [0, 0.05) is 49.5 Å². The summed E-state index contributed by atoms with van der Waals surface area (Å²) in [6.45, 7) is 4.82. The Morgan fingerprint density at radius 2 is 1.76 bits per heavy atom. The van der Waals surface area contributed by atoms with E-state index in [1.165, 1.54) is 0 Å². The third-order valence-corrected chi connectivity index (χ3v) is 7.76. The van der Waals surface area contributed by atoms with Gasteiger partial charge in [-0.25, -0.2) is 0 Å². The lowest BCUT2D eigenvalue weighted by Crippen LogP contribution is -2.46. The zero-order chi connectivity index (χ0) is 20.8. The standard InChI is InChI=1S/C22H29Cl2N3O2/c1-22(7-8-22)21(29)26-9-5-14(6-10-26)20(28)27-12-16(19(13-27)25-2)15-3-4-17(23)18(24)11-15/h3-4,11,14,16,19,25H,5-10,12-13H2,1-2H3. The number of amides is 2. The maximum Gasteiger partial charge on any atom is 0.228 e. The Bertz CT molecular complexity index is 803. The van der Waals surface area contributed by atoms with Crippen molar-refractivity contribution in [2.75, 3.05) is 33.2 Å². The first kappa shape index (κ1) is 21.0. The molecular weight excluding hydrogens is 409 g/mol. The highest BCUT2D eigenvalue weighted by molar-refractivity contribution is 6.42. The van der Waals surface area contributed by atoms with Crippen LogP contribution in [0.4, 0.5) is 0 Å². The molecule has 0 aromatic heterocycles. The number of piperidine rings is 1. The summed E-state index contributed by atoms with van der Waals surface area (Å²) in [5, 5.41) is 4.45. The number of hydrogen-bond donors (Lipinski definition) is 1. The first-order valence-electron chi connectivity index (χ1n) is 10.5. The van der Waals surface area contributed by atoms with E-state index in [-0.39, 0.29) is 35.1 Å². The van der Waals surface area contributed by atoms with Crippen LogP contribution in [0.15, 0.2) is 18.2 Å². The number of carbonyl (C=O) groups is 2. The first-order chi connectivity index (χ1) is 13.8. The highest BCUT2D eigenvalue weighted by atomic mass is 35.5. The molecule has 2 amide bonds. The van der Waals surface area contributed by atoms with Crippen molar-refractivity contribution in [2.24, 2.45) is 11.3 Å². The fraction of sp³-hybridized carbons (Fsp3) is 0.636. The third kappa shape index (κ3) is 4.14. The van der Waals surface area contributed by atoms with Crippen LogP contribution in [0.3, 0.4) is 0 Å². The molecule has 5 nitrogen and oxygen atoms in total. The van der Waals surface area contributed by atoms with E-state index in [0.29, 0.717) is 36.2 Å². The smallest absolute Gasteiger partial charge is 0.228 e. The van der Waals surface area contributed by atoms with E-state index in [1.807, 2.05) is 35.0 Å². The monoisotopic (exact) mass is 437 g/mol. The average Bonchev–Trinajstić information content (AvgIpc) is 3.34. The van der Waals surface area contributed by atoms with Gasteiger partial charge in [0.25, 0.3) is 0 Å². The van der Waals surface area contributed by atoms with Gasteiger partial charge in [0.15, 0.2) is 0 Å². The summed E-state index contributed by atoms with van der Waals surface area (Å²) in [4.78, 5) is 29.7. The Morgan fingerprint density at radius 1 is 1.07 bits per heavy atom. The van der Waals surface area contributed by atoms with Gasteiger partial charge in [0.1, 0.15) is 0 Å². The SMILES string of the molecule is CNC1CN(C(=O)C2CCN(C(=O)C3(C)CC3)CC2)CC1c1ccc(Cl)c(Cl)c1. The van der Waals surface area contributed by atoms with Crippen LogP contribution in [-0.4, -0.2) is 60.9 Å². The van der Waals surface area contributed by atoms with Gasteiger partial charge in [0.2, 0.25) is 11.8 Å². The van der Waals surface area contributed by atoms with Gasteiger partial charge in [-0.1, -0.05) is 36.2 Å². The second kappa shape index (κ2) is 8.09. The van der Waals surface area contributed by atoms with E-state index in [4.69, 9.17) is 23.2 Å². The first-order valence-corrected chi connectivity index (χ1v) is 11.3. The minimum Gasteiger partial charge on any atom is -0.342 e. The molecule has 2 saturated heterocycles. The molecule has 1 N–H and O–H groups in total. The van der Waals surface area contributed by atoms with Crippen molar-refractivity contribution in [2.45, 2.75) is 44.6 Å². The van der Waals surface area contributed by atoms with Crippen molar-refractivity contribution in [1.29, 1.82) is 0 Å². The molecule has 1 saturated carbocycles. The van der Waals surface area contributed by atoms with Gasteiger partial charge < -0.3 is 15.1 Å². The van der Waals surface area contributed by atoms with Crippen molar-refractivity contribution in [3.63, 3.8) is 0 Å². The molecule has 0 spiro atoms. The zero-order valence-electron chi connectivity index (χ0n) is 17.1. The van der Waals surface area contributed by atoms with Crippen LogP contribution in [-0.2, 0) is 9.59 Å². The number of nitrogens with one attached hydrogen (secondary N) is 1. The predicted molar refractivity (Wildman–Crippen MR) is 115 cm³/mol. The second-order valence-corrected chi connectivity index (χ2v) is 9.86. The molecule has 3 aliphatic rings. The number of halogens is 2. The number of carbonyl (C=O) groups excluding carboxylic acids is 2. The number of likely N-dealkylation sites (N-methyl/N-ethyl adjacent to an activating group) is 1. The van der Waals surface area contributed by atoms with Gasteiger partial charge in [-0.2, -0.15) is 0 Å². The second-order valence-electron chi connectivity index (χ2n) is 9.05. The summed E-state index contributed by atoms with van der Waals surface area (Å²) < 4.78 is 0. The van der Waals surface area contributed by atoms with Gasteiger partial charge in [-0.15, -0.1) is 0 Å². The molecule has 2 unspecified atom stereocenters. The number of rotatable bonds is 4. The molecule has 4 rings (SSSR count). The molecule has 0 radical (unpaired) electrons. The third-order valence-electron chi connectivity index (χ3n) is 7.02. The van der Waals surface area contributed by atoms with Crippen LogP contribution in [0.25, 0.3) is 0 Å². The van der Waals surface area contributed by atoms with Gasteiger partial charge >= 0.3 is 0 Å². The fourth-order valence-corrected chi connectivity index (χ4v) is 5.03. The normalized spacial score (nSPS) is 26.6. The number of nitrogens with zero attached hydrogens (tertiary/aromatic N) is 2. The minimum absolute atomic E-state index is 0.0103. The lowest BCUT2D eigenvalue weighted by atomic mass is 9.93. The zero-order valence-corrected chi connectivity index (χ0v) is 18.6. The lowest BCUT2D eigenvalue weighted by Gasteiger charge is -2.34. The van der Waals surface area contributed by atoms with E-state index in [1.54, 1.807) is 0 Å². The van der Waals surface area contributed by atoms with Crippen molar-refractivity contribution >= 4 is 35.0 Å². The van der Waals surface area contributed by atoms with Crippen LogP contribution in [0.5, 0.6) is 0 Å². The minimum atomic E-state index is -0.126. The Hall–Kier alpha value is -1.30. The van der Waals surface area contributed by atoms with Crippen molar-refractivity contribution in [3.8, 4) is 0 Å². The van der Waals surface area contributed by atoms with Crippen molar-refractivity contribution in [3.05, 3.63) is 33.8 Å². The van der Waals surface area contributed by atoms with E-state index in [0.717, 1.165) is 31.2 Å². The van der Waals surface area contributed by atoms with Crippen LogP contribution >= 0.6 is 23.2 Å². The molecular formula is C22H29Cl2N3O2. The summed E-state index contributed by atoms with van der Waals surface area (Å²) >= 11 is 12.3. The fourth-order valence-electron chi connectivity index (χ4n) is 4.73. The van der Waals surface area contributed by atoms with Crippen LogP contribution in [0.2, 0.25) is 10.0 Å². The van der Waals surface area contributed by atoms with Crippen LogP contribution in [0.1, 0.15) is 44.1 Å². The maximum atomic E-state index is 13.2. The molecule has 158 valence electrons. The van der Waals surface area contributed by atoms with Crippen molar-refractivity contribution < 1.29 is 9.59 Å². The van der Waals surface area contributed by atoms with E-state index in [2.05, 4.69) is 12.2 Å². The highest BCUT2D eigenvalue weighted by Gasteiger charge is 2.48. The summed E-state index contributed by atoms with van der Waals surface area (Å²) in [5.74, 6) is 0.698. The summed E-state index contributed by atoms with van der Waals surface area (Å²) in [6, 6.07) is 5.92. The number of benzene rings is 1. The molecule has 7 heteroatoms. The molecule has 0 bridgehead atoms. The Labute approximate surface area is 182 Å². The lowest BCUT2D eigenvalue weighted by molar-refractivity contribution is -0.142. The quantitative estimate of drug-likeness (QED) is 0.783. The summed E-state index contributed by atoms with van der Waals surface area (Å²) in [7, 11) is 1.94.